The summed E-state index contributed by atoms with van der Waals surface area (Å²) >= 11 is 0. The van der Waals surface area contributed by atoms with Gasteiger partial charge in [-0.1, -0.05) is 24.3 Å². The number of fused-ring (bicyclic) bond motifs is 2. The highest BCUT2D eigenvalue weighted by atomic mass is 32.3. The highest BCUT2D eigenvalue weighted by Gasteiger charge is 2.31. The van der Waals surface area contributed by atoms with E-state index in [1.165, 1.54) is 12.1 Å². The van der Waals surface area contributed by atoms with Crippen molar-refractivity contribution < 1.29 is 70.9 Å². The van der Waals surface area contributed by atoms with Gasteiger partial charge in [0.05, 0.1) is 25.0 Å². The lowest BCUT2D eigenvalue weighted by Gasteiger charge is -2.15. The maximum atomic E-state index is 13.5. The van der Waals surface area contributed by atoms with Crippen LogP contribution in [0.3, 0.4) is 0 Å². The van der Waals surface area contributed by atoms with Gasteiger partial charge in [0.2, 0.25) is 0 Å². The van der Waals surface area contributed by atoms with Crippen molar-refractivity contribution in [3.63, 3.8) is 0 Å². The fourth-order valence-electron chi connectivity index (χ4n) is 4.05. The Hall–Kier alpha value is -3.74. The molecule has 0 unspecified atom stereocenters. The zero-order valence-corrected chi connectivity index (χ0v) is 29.1. The standard InChI is InChI=1S/C24H22O17S6/c1-42(25,26)37-19-11-15-7-5-9-23(17(15)13-21(19)39-44(3,29)30)46(33,34)41-47(35,36)24-10-6-8-16-12-20(38-43(2,27)28)22(14-18(16)24)40-45(4,31)32/h5-14H,1-4H3. The van der Waals surface area contributed by atoms with Crippen LogP contribution in [0, 0.1) is 0 Å². The van der Waals surface area contributed by atoms with Crippen LogP contribution in [0.4, 0.5) is 0 Å². The molecule has 0 heterocycles. The molecule has 0 bridgehead atoms. The molecule has 0 aliphatic carbocycles. The van der Waals surface area contributed by atoms with Gasteiger partial charge in [-0.3, -0.25) is 0 Å². The number of rotatable bonds is 12. The van der Waals surface area contributed by atoms with Crippen molar-refractivity contribution in [2.45, 2.75) is 9.79 Å². The van der Waals surface area contributed by atoms with Gasteiger partial charge in [0.15, 0.2) is 23.0 Å². The minimum Gasteiger partial charge on any atom is -0.379 e. The smallest absolute Gasteiger partial charge is 0.312 e. The Morgan fingerprint density at radius 3 is 0.957 bits per heavy atom. The Morgan fingerprint density at radius 1 is 0.404 bits per heavy atom. The summed E-state index contributed by atoms with van der Waals surface area (Å²) in [6.45, 7) is 0. The van der Waals surface area contributed by atoms with Crippen LogP contribution in [0.1, 0.15) is 0 Å². The predicted octanol–water partition coefficient (Wildman–Crippen LogP) is 1.44. The van der Waals surface area contributed by atoms with Gasteiger partial charge in [-0.2, -0.15) is 50.5 Å². The Kier molecular flexibility index (Phi) is 9.26. The van der Waals surface area contributed by atoms with Crippen LogP contribution in [0.15, 0.2) is 70.5 Å². The van der Waals surface area contributed by atoms with Crippen LogP contribution in [0.2, 0.25) is 0 Å². The first-order valence-corrected chi connectivity index (χ1v) is 22.2. The molecule has 0 aliphatic heterocycles. The van der Waals surface area contributed by atoms with Crippen molar-refractivity contribution >= 4 is 82.3 Å². The second-order valence-electron chi connectivity index (χ2n) is 9.68. The van der Waals surface area contributed by atoms with E-state index in [0.29, 0.717) is 25.0 Å². The fraction of sp³-hybridized carbons (Fsp3) is 0.167. The average molecular weight is 775 g/mol. The lowest BCUT2D eigenvalue weighted by Crippen LogP contribution is -2.15. The second kappa shape index (κ2) is 12.1. The zero-order valence-electron chi connectivity index (χ0n) is 24.2. The summed E-state index contributed by atoms with van der Waals surface area (Å²) in [7, 11) is -27.8. The highest BCUT2D eigenvalue weighted by Crippen LogP contribution is 2.40. The second-order valence-corrected chi connectivity index (χ2v) is 19.2. The minimum absolute atomic E-state index is 0.0716. The SMILES string of the molecule is CS(=O)(=O)Oc1cc2cccc(S(=O)(=O)OS(=O)(=O)c3cccc4cc(OS(C)(=O)=O)c(OS(C)(=O)=O)cc34)c2cc1OS(C)(=O)=O. The summed E-state index contributed by atoms with van der Waals surface area (Å²) in [6, 6.07) is 10.1. The van der Waals surface area contributed by atoms with E-state index >= 15 is 0 Å². The van der Waals surface area contributed by atoms with Crippen LogP contribution in [-0.2, 0) is 64.3 Å². The topological polar surface area (TPSA) is 251 Å². The van der Waals surface area contributed by atoms with Crippen LogP contribution in [0.5, 0.6) is 23.0 Å². The normalized spacial score (nSPS) is 13.4. The molecule has 0 aliphatic rings. The molecule has 256 valence electrons. The van der Waals surface area contributed by atoms with Gasteiger partial charge >= 0.3 is 60.7 Å². The van der Waals surface area contributed by atoms with Gasteiger partial charge in [-0.05, 0) is 47.2 Å². The van der Waals surface area contributed by atoms with Crippen molar-refractivity contribution in [2.24, 2.45) is 0 Å². The fourth-order valence-corrected chi connectivity index (χ4v) is 8.79. The first-order chi connectivity index (χ1) is 21.2. The van der Waals surface area contributed by atoms with E-state index in [9.17, 15) is 50.5 Å². The molecule has 0 N–H and O–H groups in total. The monoisotopic (exact) mass is 774 g/mol. The molecule has 4 aromatic rings. The first kappa shape index (κ1) is 36.1. The van der Waals surface area contributed by atoms with Gasteiger partial charge in [0.1, 0.15) is 9.79 Å². The Labute approximate surface area is 270 Å². The molecule has 0 amide bonds. The molecular formula is C24H22O17S6. The summed E-state index contributed by atoms with van der Waals surface area (Å²) in [5.74, 6) is -2.77. The van der Waals surface area contributed by atoms with Crippen molar-refractivity contribution in [1.82, 2.24) is 0 Å². The summed E-state index contributed by atoms with van der Waals surface area (Å²) in [6.07, 6.45) is 2.55. The molecule has 17 nitrogen and oxygen atoms in total. The summed E-state index contributed by atoms with van der Waals surface area (Å²) < 4.78 is 172. The third-order valence-corrected chi connectivity index (χ3v) is 10.6. The lowest BCUT2D eigenvalue weighted by atomic mass is 10.1. The molecule has 0 saturated carbocycles. The van der Waals surface area contributed by atoms with Crippen molar-refractivity contribution in [2.75, 3.05) is 25.0 Å². The summed E-state index contributed by atoms with van der Waals surface area (Å²) in [5.41, 5.74) is 0. The third kappa shape index (κ3) is 9.21. The molecular weight excluding hydrogens is 753 g/mol. The number of benzene rings is 4. The lowest BCUT2D eigenvalue weighted by molar-refractivity contribution is 0.455. The zero-order chi connectivity index (χ0) is 35.4. The number of hydrogen-bond donors (Lipinski definition) is 0. The molecule has 0 saturated heterocycles. The average Bonchev–Trinajstić information content (AvgIpc) is 2.84. The molecule has 0 fully saturated rings. The molecule has 0 aromatic heterocycles. The quantitative estimate of drug-likeness (QED) is 0.185. The van der Waals surface area contributed by atoms with E-state index in [1.54, 1.807) is 0 Å². The minimum atomic E-state index is -5.32. The molecule has 4 aromatic carbocycles. The van der Waals surface area contributed by atoms with Gasteiger partial charge in [-0.25, -0.2) is 0 Å². The molecule has 0 radical (unpaired) electrons. The van der Waals surface area contributed by atoms with Gasteiger partial charge in [0, 0.05) is 10.8 Å². The van der Waals surface area contributed by atoms with E-state index in [0.717, 1.165) is 48.5 Å². The highest BCUT2D eigenvalue weighted by molar-refractivity contribution is 8.00. The van der Waals surface area contributed by atoms with E-state index in [2.05, 4.69) is 3.63 Å². The molecule has 47 heavy (non-hydrogen) atoms. The maximum absolute atomic E-state index is 13.5. The third-order valence-electron chi connectivity index (χ3n) is 5.49. The Bertz CT molecular complexity index is 2430. The Balaban J connectivity index is 1.89. The van der Waals surface area contributed by atoms with E-state index in [4.69, 9.17) is 16.7 Å². The largest absolute Gasteiger partial charge is 0.379 e. The van der Waals surface area contributed by atoms with Crippen LogP contribution in [-0.4, -0.2) is 75.5 Å². The summed E-state index contributed by atoms with van der Waals surface area (Å²) in [4.78, 5) is -1.65. The van der Waals surface area contributed by atoms with Crippen LogP contribution >= 0.6 is 0 Å². The molecule has 0 atom stereocenters. The van der Waals surface area contributed by atoms with E-state index < -0.39 is 93.5 Å². The van der Waals surface area contributed by atoms with Crippen molar-refractivity contribution in [3.8, 4) is 23.0 Å². The Morgan fingerprint density at radius 2 is 0.681 bits per heavy atom. The maximum Gasteiger partial charge on any atom is 0.312 e. The molecule has 23 heteroatoms. The van der Waals surface area contributed by atoms with Crippen LogP contribution < -0.4 is 16.7 Å². The van der Waals surface area contributed by atoms with Gasteiger partial charge in [0.25, 0.3) is 0 Å². The van der Waals surface area contributed by atoms with Crippen molar-refractivity contribution in [3.05, 3.63) is 60.7 Å². The summed E-state index contributed by atoms with van der Waals surface area (Å²) in [5, 5.41) is -0.881. The van der Waals surface area contributed by atoms with E-state index in [-0.39, 0.29) is 21.5 Å². The predicted molar refractivity (Wildman–Crippen MR) is 165 cm³/mol. The first-order valence-electron chi connectivity index (χ1n) is 12.2. The van der Waals surface area contributed by atoms with E-state index in [1.807, 2.05) is 0 Å². The van der Waals surface area contributed by atoms with Crippen molar-refractivity contribution in [1.29, 1.82) is 0 Å². The van der Waals surface area contributed by atoms with Crippen LogP contribution in [0.25, 0.3) is 21.5 Å². The van der Waals surface area contributed by atoms with Gasteiger partial charge in [-0.15, -0.1) is 3.63 Å². The molecule has 4 rings (SSSR count). The molecule has 0 spiro atoms. The van der Waals surface area contributed by atoms with Gasteiger partial charge < -0.3 is 16.7 Å². The number of hydrogen-bond acceptors (Lipinski definition) is 17.